The number of esters is 2. The van der Waals surface area contributed by atoms with Crippen molar-refractivity contribution in [3.8, 4) is 0 Å². The van der Waals surface area contributed by atoms with Crippen molar-refractivity contribution >= 4 is 11.9 Å². The molecule has 22 heavy (non-hydrogen) atoms. The van der Waals surface area contributed by atoms with E-state index in [0.717, 1.165) is 5.56 Å². The molecule has 1 atom stereocenters. The van der Waals surface area contributed by atoms with Crippen LogP contribution in [0, 0.1) is 11.3 Å². The molecule has 0 amide bonds. The Morgan fingerprint density at radius 1 is 1.05 bits per heavy atom. The van der Waals surface area contributed by atoms with E-state index in [2.05, 4.69) is 0 Å². The highest BCUT2D eigenvalue weighted by Crippen LogP contribution is 2.37. The molecule has 1 aromatic carbocycles. The van der Waals surface area contributed by atoms with Crippen molar-refractivity contribution in [3.05, 3.63) is 35.9 Å². The average molecular weight is 306 g/mol. The SMILES string of the molecule is CCOC(=O)CC(Cc1ccccc1)(C(=O)OCC)C(C)C. The molecule has 4 heteroatoms. The maximum Gasteiger partial charge on any atom is 0.313 e. The Hall–Kier alpha value is -1.84. The van der Waals surface area contributed by atoms with Crippen LogP contribution in [0.25, 0.3) is 0 Å². The zero-order valence-corrected chi connectivity index (χ0v) is 13.9. The highest BCUT2D eigenvalue weighted by atomic mass is 16.5. The summed E-state index contributed by atoms with van der Waals surface area (Å²) in [5, 5.41) is 0. The minimum Gasteiger partial charge on any atom is -0.466 e. The summed E-state index contributed by atoms with van der Waals surface area (Å²) in [5.41, 5.74) is 0.109. The monoisotopic (exact) mass is 306 g/mol. The van der Waals surface area contributed by atoms with Crippen LogP contribution in [0.3, 0.4) is 0 Å². The van der Waals surface area contributed by atoms with E-state index in [4.69, 9.17) is 9.47 Å². The van der Waals surface area contributed by atoms with Crippen molar-refractivity contribution < 1.29 is 19.1 Å². The molecule has 122 valence electrons. The summed E-state index contributed by atoms with van der Waals surface area (Å²) in [6.45, 7) is 8.02. The fourth-order valence-corrected chi connectivity index (χ4v) is 2.56. The molecule has 1 unspecified atom stereocenters. The molecule has 4 nitrogen and oxygen atoms in total. The Morgan fingerprint density at radius 2 is 1.64 bits per heavy atom. The van der Waals surface area contributed by atoms with Crippen molar-refractivity contribution in [3.63, 3.8) is 0 Å². The minimum absolute atomic E-state index is 0.0340. The molecule has 1 rings (SSSR count). The maximum atomic E-state index is 12.6. The Labute approximate surface area is 132 Å². The maximum absolute atomic E-state index is 12.6. The van der Waals surface area contributed by atoms with Crippen LogP contribution in [0.1, 0.15) is 39.7 Å². The van der Waals surface area contributed by atoms with Crippen LogP contribution in [0.4, 0.5) is 0 Å². The Balaban J connectivity index is 3.14. The van der Waals surface area contributed by atoms with Gasteiger partial charge in [0.15, 0.2) is 0 Å². The molecule has 0 radical (unpaired) electrons. The highest BCUT2D eigenvalue weighted by molar-refractivity contribution is 5.84. The molecule has 0 aliphatic heterocycles. The molecule has 0 fully saturated rings. The summed E-state index contributed by atoms with van der Waals surface area (Å²) in [7, 11) is 0. The van der Waals surface area contributed by atoms with Crippen molar-refractivity contribution in [1.82, 2.24) is 0 Å². The molecule has 1 aromatic rings. The third-order valence-corrected chi connectivity index (χ3v) is 3.91. The van der Waals surface area contributed by atoms with Crippen LogP contribution in [-0.4, -0.2) is 25.2 Å². The summed E-state index contributed by atoms with van der Waals surface area (Å²) in [6, 6.07) is 9.70. The molecule has 0 spiro atoms. The number of carbonyl (C=O) groups excluding carboxylic acids is 2. The van der Waals surface area contributed by atoms with Crippen molar-refractivity contribution in [2.75, 3.05) is 13.2 Å². The lowest BCUT2D eigenvalue weighted by atomic mass is 9.70. The van der Waals surface area contributed by atoms with E-state index < -0.39 is 5.41 Å². The second-order valence-electron chi connectivity index (χ2n) is 5.68. The van der Waals surface area contributed by atoms with E-state index in [1.54, 1.807) is 13.8 Å². The lowest BCUT2D eigenvalue weighted by Gasteiger charge is -2.34. The molecule has 0 saturated carbocycles. The normalized spacial score (nSPS) is 13.5. The van der Waals surface area contributed by atoms with E-state index in [0.29, 0.717) is 19.6 Å². The molecular weight excluding hydrogens is 280 g/mol. The Morgan fingerprint density at radius 3 is 2.14 bits per heavy atom. The molecule has 0 aliphatic carbocycles. The van der Waals surface area contributed by atoms with Crippen LogP contribution in [0.2, 0.25) is 0 Å². The van der Waals surface area contributed by atoms with Crippen molar-refractivity contribution in [1.29, 1.82) is 0 Å². The minimum atomic E-state index is -0.899. The smallest absolute Gasteiger partial charge is 0.313 e. The fourth-order valence-electron chi connectivity index (χ4n) is 2.56. The van der Waals surface area contributed by atoms with Crippen LogP contribution >= 0.6 is 0 Å². The second kappa shape index (κ2) is 8.57. The van der Waals surface area contributed by atoms with E-state index in [1.165, 1.54) is 0 Å². The summed E-state index contributed by atoms with van der Waals surface area (Å²) in [4.78, 5) is 24.7. The first kappa shape index (κ1) is 18.2. The lowest BCUT2D eigenvalue weighted by molar-refractivity contribution is -0.165. The quantitative estimate of drug-likeness (QED) is 0.691. The van der Waals surface area contributed by atoms with Crippen molar-refractivity contribution in [2.24, 2.45) is 11.3 Å². The van der Waals surface area contributed by atoms with Gasteiger partial charge in [-0.25, -0.2) is 0 Å². The van der Waals surface area contributed by atoms with E-state index in [9.17, 15) is 9.59 Å². The number of carbonyl (C=O) groups is 2. The van der Waals surface area contributed by atoms with E-state index >= 15 is 0 Å². The van der Waals surface area contributed by atoms with Gasteiger partial charge in [0.25, 0.3) is 0 Å². The Kier molecular flexibility index (Phi) is 7.09. The van der Waals surface area contributed by atoms with Gasteiger partial charge in [0.2, 0.25) is 0 Å². The van der Waals surface area contributed by atoms with E-state index in [-0.39, 0.29) is 24.3 Å². The zero-order chi connectivity index (χ0) is 16.6. The van der Waals surface area contributed by atoms with Gasteiger partial charge in [-0.2, -0.15) is 0 Å². The Bertz CT molecular complexity index is 481. The van der Waals surface area contributed by atoms with Crippen LogP contribution in [0.5, 0.6) is 0 Å². The summed E-state index contributed by atoms with van der Waals surface area (Å²) < 4.78 is 10.3. The van der Waals surface area contributed by atoms with Gasteiger partial charge in [-0.3, -0.25) is 9.59 Å². The van der Waals surface area contributed by atoms with Gasteiger partial charge < -0.3 is 9.47 Å². The van der Waals surface area contributed by atoms with Crippen LogP contribution in [0.15, 0.2) is 30.3 Å². The molecule has 0 aliphatic rings. The fraction of sp³-hybridized carbons (Fsp3) is 0.556. The zero-order valence-electron chi connectivity index (χ0n) is 13.9. The predicted octanol–water partition coefficient (Wildman–Crippen LogP) is 3.39. The number of hydrogen-bond donors (Lipinski definition) is 0. The summed E-state index contributed by atoms with van der Waals surface area (Å²) in [6.07, 6.45) is 0.495. The van der Waals surface area contributed by atoms with Gasteiger partial charge in [-0.05, 0) is 31.7 Å². The first-order valence-electron chi connectivity index (χ1n) is 7.83. The number of benzene rings is 1. The standard InChI is InChI=1S/C18H26O4/c1-5-21-16(19)13-18(14(3)4,17(20)22-6-2)12-15-10-8-7-9-11-15/h7-11,14H,5-6,12-13H2,1-4H3. The first-order chi connectivity index (χ1) is 10.5. The van der Waals surface area contributed by atoms with Gasteiger partial charge in [0.05, 0.1) is 25.0 Å². The lowest BCUT2D eigenvalue weighted by Crippen LogP contribution is -2.42. The van der Waals surface area contributed by atoms with Gasteiger partial charge in [-0.1, -0.05) is 44.2 Å². The molecule has 0 heterocycles. The van der Waals surface area contributed by atoms with Gasteiger partial charge >= 0.3 is 11.9 Å². The summed E-state index contributed by atoms with van der Waals surface area (Å²) in [5.74, 6) is -0.738. The highest BCUT2D eigenvalue weighted by Gasteiger charge is 2.45. The van der Waals surface area contributed by atoms with Crippen LogP contribution in [-0.2, 0) is 25.5 Å². The van der Waals surface area contributed by atoms with Gasteiger partial charge in [0.1, 0.15) is 0 Å². The summed E-state index contributed by atoms with van der Waals surface area (Å²) >= 11 is 0. The molecule has 0 bridgehead atoms. The number of ether oxygens (including phenoxy) is 2. The van der Waals surface area contributed by atoms with Gasteiger partial charge in [0, 0.05) is 0 Å². The number of hydrogen-bond acceptors (Lipinski definition) is 4. The average Bonchev–Trinajstić information content (AvgIpc) is 2.47. The third-order valence-electron chi connectivity index (χ3n) is 3.91. The van der Waals surface area contributed by atoms with Crippen molar-refractivity contribution in [2.45, 2.75) is 40.5 Å². The first-order valence-corrected chi connectivity index (χ1v) is 7.83. The van der Waals surface area contributed by atoms with Gasteiger partial charge in [-0.15, -0.1) is 0 Å². The topological polar surface area (TPSA) is 52.6 Å². The van der Waals surface area contributed by atoms with Crippen LogP contribution < -0.4 is 0 Å². The molecule has 0 N–H and O–H groups in total. The number of rotatable bonds is 8. The molecular formula is C18H26O4. The molecule has 0 aromatic heterocycles. The molecule has 0 saturated heterocycles. The second-order valence-corrected chi connectivity index (χ2v) is 5.68. The van der Waals surface area contributed by atoms with E-state index in [1.807, 2.05) is 44.2 Å². The predicted molar refractivity (Wildman–Crippen MR) is 85.3 cm³/mol. The largest absolute Gasteiger partial charge is 0.466 e. The third kappa shape index (κ3) is 4.58.